The molecule has 0 heterocycles. The zero-order valence-electron chi connectivity index (χ0n) is 13.6. The van der Waals surface area contributed by atoms with Crippen LogP contribution < -0.4 is 16.2 Å². The van der Waals surface area contributed by atoms with E-state index in [0.717, 1.165) is 25.7 Å². The summed E-state index contributed by atoms with van der Waals surface area (Å²) in [6.07, 6.45) is 10.1. The van der Waals surface area contributed by atoms with Gasteiger partial charge in [-0.2, -0.15) is 0 Å². The Morgan fingerprint density at radius 3 is 2.26 bits per heavy atom. The number of para-hydroxylation sites is 1. The molecule has 0 atom stereocenters. The van der Waals surface area contributed by atoms with Gasteiger partial charge >= 0.3 is 6.03 Å². The van der Waals surface area contributed by atoms with Crippen LogP contribution in [-0.2, 0) is 4.79 Å². The molecule has 0 fully saturated rings. The number of carbonyl (C=O) groups excluding carboxylic acids is 2. The van der Waals surface area contributed by atoms with Gasteiger partial charge in [-0.3, -0.25) is 10.2 Å². The van der Waals surface area contributed by atoms with Crippen molar-refractivity contribution in [1.29, 1.82) is 0 Å². The fraction of sp³-hybridized carbons (Fsp3) is 0.444. The third-order valence-electron chi connectivity index (χ3n) is 3.41. The number of carbonyl (C=O) groups is 2. The van der Waals surface area contributed by atoms with Crippen molar-refractivity contribution in [2.24, 2.45) is 0 Å². The van der Waals surface area contributed by atoms with Crippen molar-refractivity contribution < 1.29 is 9.59 Å². The highest BCUT2D eigenvalue weighted by atomic mass is 16.2. The SMILES string of the molecule is C=CCCCCCCCCC(=O)NNC(=O)Nc1ccccc1. The first-order valence-corrected chi connectivity index (χ1v) is 8.24. The number of urea groups is 1. The Morgan fingerprint density at radius 1 is 0.913 bits per heavy atom. The van der Waals surface area contributed by atoms with Crippen LogP contribution in [0.2, 0.25) is 0 Å². The van der Waals surface area contributed by atoms with E-state index in [1.54, 1.807) is 12.1 Å². The van der Waals surface area contributed by atoms with Crippen LogP contribution in [0.15, 0.2) is 43.0 Å². The summed E-state index contributed by atoms with van der Waals surface area (Å²) in [6.45, 7) is 3.70. The van der Waals surface area contributed by atoms with Crippen LogP contribution in [-0.4, -0.2) is 11.9 Å². The van der Waals surface area contributed by atoms with Gasteiger partial charge in [-0.1, -0.05) is 50.0 Å². The van der Waals surface area contributed by atoms with E-state index in [9.17, 15) is 9.59 Å². The molecular weight excluding hydrogens is 290 g/mol. The number of unbranched alkanes of at least 4 members (excludes halogenated alkanes) is 6. The van der Waals surface area contributed by atoms with Crippen LogP contribution in [0, 0.1) is 0 Å². The normalized spacial score (nSPS) is 9.91. The summed E-state index contributed by atoms with van der Waals surface area (Å²) in [4.78, 5) is 23.2. The lowest BCUT2D eigenvalue weighted by Gasteiger charge is -2.08. The molecule has 0 bridgehead atoms. The fourth-order valence-electron chi connectivity index (χ4n) is 2.15. The van der Waals surface area contributed by atoms with Crippen molar-refractivity contribution >= 4 is 17.6 Å². The molecule has 1 aromatic rings. The molecule has 126 valence electrons. The molecule has 5 heteroatoms. The van der Waals surface area contributed by atoms with Gasteiger partial charge in [0, 0.05) is 12.1 Å². The van der Waals surface area contributed by atoms with Crippen molar-refractivity contribution in [3.8, 4) is 0 Å². The Morgan fingerprint density at radius 2 is 1.57 bits per heavy atom. The molecule has 0 radical (unpaired) electrons. The fourth-order valence-corrected chi connectivity index (χ4v) is 2.15. The first-order chi connectivity index (χ1) is 11.2. The van der Waals surface area contributed by atoms with Crippen molar-refractivity contribution in [1.82, 2.24) is 10.9 Å². The van der Waals surface area contributed by atoms with E-state index in [-0.39, 0.29) is 5.91 Å². The van der Waals surface area contributed by atoms with Crippen molar-refractivity contribution in [3.63, 3.8) is 0 Å². The third kappa shape index (κ3) is 10.1. The Hall–Kier alpha value is -2.30. The van der Waals surface area contributed by atoms with Crippen LogP contribution in [0.4, 0.5) is 10.5 Å². The van der Waals surface area contributed by atoms with Crippen LogP contribution in [0.25, 0.3) is 0 Å². The first kappa shape index (κ1) is 18.7. The molecule has 0 saturated carbocycles. The predicted molar refractivity (Wildman–Crippen MR) is 93.9 cm³/mol. The number of hydrogen-bond acceptors (Lipinski definition) is 2. The summed E-state index contributed by atoms with van der Waals surface area (Å²) in [6, 6.07) is 8.61. The highest BCUT2D eigenvalue weighted by Crippen LogP contribution is 2.08. The minimum absolute atomic E-state index is 0.167. The summed E-state index contributed by atoms with van der Waals surface area (Å²) in [5.74, 6) is -0.167. The van der Waals surface area contributed by atoms with Gasteiger partial charge in [0.05, 0.1) is 0 Å². The predicted octanol–water partition coefficient (Wildman–Crippen LogP) is 4.15. The lowest BCUT2D eigenvalue weighted by molar-refractivity contribution is -0.121. The molecule has 0 saturated heterocycles. The number of anilines is 1. The summed E-state index contributed by atoms with van der Waals surface area (Å²) in [5, 5.41) is 2.63. The zero-order chi connectivity index (χ0) is 16.8. The maximum absolute atomic E-state index is 11.6. The molecule has 1 aromatic carbocycles. The lowest BCUT2D eigenvalue weighted by atomic mass is 10.1. The van der Waals surface area contributed by atoms with Crippen molar-refractivity contribution in [2.75, 3.05) is 5.32 Å². The number of rotatable bonds is 10. The van der Waals surface area contributed by atoms with Gasteiger partial charge in [-0.05, 0) is 31.4 Å². The largest absolute Gasteiger partial charge is 0.337 e. The number of benzene rings is 1. The number of hydrazine groups is 1. The highest BCUT2D eigenvalue weighted by Gasteiger charge is 2.04. The van der Waals surface area contributed by atoms with Gasteiger partial charge < -0.3 is 5.32 Å². The van der Waals surface area contributed by atoms with Gasteiger partial charge in [-0.15, -0.1) is 6.58 Å². The summed E-state index contributed by atoms with van der Waals surface area (Å²) in [5.41, 5.74) is 5.43. The van der Waals surface area contributed by atoms with E-state index in [4.69, 9.17) is 0 Å². The quantitative estimate of drug-likeness (QED) is 0.345. The molecule has 3 amide bonds. The molecule has 3 N–H and O–H groups in total. The van der Waals surface area contributed by atoms with Crippen molar-refractivity contribution in [3.05, 3.63) is 43.0 Å². The second-order valence-corrected chi connectivity index (χ2v) is 5.44. The molecular formula is C18H27N3O2. The topological polar surface area (TPSA) is 70.2 Å². The smallest absolute Gasteiger partial charge is 0.307 e. The third-order valence-corrected chi connectivity index (χ3v) is 3.41. The maximum atomic E-state index is 11.6. The van der Waals surface area contributed by atoms with Crippen LogP contribution in [0.1, 0.15) is 51.4 Å². The highest BCUT2D eigenvalue weighted by molar-refractivity contribution is 5.90. The first-order valence-electron chi connectivity index (χ1n) is 8.24. The monoisotopic (exact) mass is 317 g/mol. The second kappa shape index (κ2) is 12.3. The van der Waals surface area contributed by atoms with E-state index in [1.165, 1.54) is 19.3 Å². The minimum Gasteiger partial charge on any atom is -0.307 e. The Bertz CT molecular complexity index is 474. The number of nitrogens with one attached hydrogen (secondary N) is 3. The summed E-state index contributed by atoms with van der Waals surface area (Å²) >= 11 is 0. The molecule has 0 aliphatic rings. The van der Waals surface area contributed by atoms with Gasteiger partial charge in [0.1, 0.15) is 0 Å². The standard InChI is InChI=1S/C18H27N3O2/c1-2-3-4-5-6-7-8-12-15-17(22)20-21-18(23)19-16-13-10-9-11-14-16/h2,9-11,13-14H,1,3-8,12,15H2,(H,20,22)(H2,19,21,23). The number of allylic oxidation sites excluding steroid dienone is 1. The molecule has 0 aliphatic carbocycles. The maximum Gasteiger partial charge on any atom is 0.337 e. The molecule has 0 aliphatic heterocycles. The average molecular weight is 317 g/mol. The molecule has 23 heavy (non-hydrogen) atoms. The summed E-state index contributed by atoms with van der Waals surface area (Å²) in [7, 11) is 0. The molecule has 5 nitrogen and oxygen atoms in total. The van der Waals surface area contributed by atoms with E-state index < -0.39 is 6.03 Å². The minimum atomic E-state index is -0.452. The van der Waals surface area contributed by atoms with Gasteiger partial charge in [0.15, 0.2) is 0 Å². The number of hydrogen-bond donors (Lipinski definition) is 3. The van der Waals surface area contributed by atoms with Crippen LogP contribution in [0.3, 0.4) is 0 Å². The average Bonchev–Trinajstić information content (AvgIpc) is 2.56. The Kier molecular flexibility index (Phi) is 10.00. The molecule has 0 unspecified atom stereocenters. The van der Waals surface area contributed by atoms with Crippen LogP contribution in [0.5, 0.6) is 0 Å². The lowest BCUT2D eigenvalue weighted by Crippen LogP contribution is -2.43. The van der Waals surface area contributed by atoms with E-state index >= 15 is 0 Å². The van der Waals surface area contributed by atoms with E-state index in [2.05, 4.69) is 22.7 Å². The molecule has 0 spiro atoms. The molecule has 0 aromatic heterocycles. The Balaban J connectivity index is 1.99. The van der Waals surface area contributed by atoms with E-state index in [1.807, 2.05) is 24.3 Å². The Labute approximate surface area is 138 Å². The zero-order valence-corrected chi connectivity index (χ0v) is 13.6. The summed E-state index contributed by atoms with van der Waals surface area (Å²) < 4.78 is 0. The van der Waals surface area contributed by atoms with Crippen LogP contribution >= 0.6 is 0 Å². The number of amides is 3. The van der Waals surface area contributed by atoms with Gasteiger partial charge in [0.2, 0.25) is 5.91 Å². The van der Waals surface area contributed by atoms with Gasteiger partial charge in [-0.25, -0.2) is 10.2 Å². The van der Waals surface area contributed by atoms with E-state index in [0.29, 0.717) is 12.1 Å². The van der Waals surface area contributed by atoms with Gasteiger partial charge in [0.25, 0.3) is 0 Å². The molecule has 1 rings (SSSR count). The second-order valence-electron chi connectivity index (χ2n) is 5.44. The van der Waals surface area contributed by atoms with Crippen molar-refractivity contribution in [2.45, 2.75) is 51.4 Å².